The number of nitriles is 1. The van der Waals surface area contributed by atoms with Crippen molar-refractivity contribution >= 4 is 15.9 Å². The molecule has 64 valence electrons. The van der Waals surface area contributed by atoms with Crippen LogP contribution < -0.4 is 0 Å². The predicted octanol–water partition coefficient (Wildman–Crippen LogP) is 2.01. The first-order chi connectivity index (χ1) is 5.70. The molecule has 1 aromatic heterocycles. The lowest BCUT2D eigenvalue weighted by molar-refractivity contribution is 0.753. The lowest BCUT2D eigenvalue weighted by atomic mass is 10.3. The van der Waals surface area contributed by atoms with Crippen LogP contribution >= 0.6 is 15.9 Å². The van der Waals surface area contributed by atoms with Crippen molar-refractivity contribution in [2.75, 3.05) is 0 Å². The van der Waals surface area contributed by atoms with Crippen LogP contribution in [0, 0.1) is 11.3 Å². The van der Waals surface area contributed by atoms with E-state index in [1.54, 1.807) is 0 Å². The Morgan fingerprint density at radius 1 is 1.67 bits per heavy atom. The summed E-state index contributed by atoms with van der Waals surface area (Å²) in [6, 6.07) is 2.10. The molecule has 0 aromatic carbocycles. The largest absolute Gasteiger partial charge is 0.322 e. The fraction of sp³-hybridized carbons (Fsp3) is 0.500. The Hall–Kier alpha value is -0.820. The molecule has 0 unspecified atom stereocenters. The SMILES string of the molecule is CCCc1nc(Br)c(C#N)n1C. The van der Waals surface area contributed by atoms with Gasteiger partial charge in [0.1, 0.15) is 16.5 Å². The molecule has 0 saturated heterocycles. The standard InChI is InChI=1S/C8H10BrN3/c1-3-4-7-11-8(9)6(5-10)12(7)2/h3-4H2,1-2H3. The highest BCUT2D eigenvalue weighted by atomic mass is 79.9. The van der Waals surface area contributed by atoms with Crippen LogP contribution in [-0.2, 0) is 13.5 Å². The quantitative estimate of drug-likeness (QED) is 0.776. The Morgan fingerprint density at radius 2 is 2.33 bits per heavy atom. The maximum atomic E-state index is 8.74. The molecule has 0 spiro atoms. The predicted molar refractivity (Wildman–Crippen MR) is 49.6 cm³/mol. The van der Waals surface area contributed by atoms with E-state index in [0.29, 0.717) is 10.3 Å². The second-order valence-corrected chi connectivity index (χ2v) is 3.34. The van der Waals surface area contributed by atoms with Crippen LogP contribution in [-0.4, -0.2) is 9.55 Å². The zero-order valence-electron chi connectivity index (χ0n) is 7.13. The number of rotatable bonds is 2. The van der Waals surface area contributed by atoms with Crippen LogP contribution in [0.5, 0.6) is 0 Å². The summed E-state index contributed by atoms with van der Waals surface area (Å²) in [5.74, 6) is 0.959. The van der Waals surface area contributed by atoms with Crippen molar-refractivity contribution < 1.29 is 0 Å². The molecule has 1 rings (SSSR count). The monoisotopic (exact) mass is 227 g/mol. The minimum absolute atomic E-state index is 0.596. The normalized spacial score (nSPS) is 9.83. The van der Waals surface area contributed by atoms with Crippen LogP contribution in [0.2, 0.25) is 0 Å². The van der Waals surface area contributed by atoms with Crippen LogP contribution in [0.4, 0.5) is 0 Å². The molecular weight excluding hydrogens is 218 g/mol. The van der Waals surface area contributed by atoms with Gasteiger partial charge in [0, 0.05) is 13.5 Å². The molecule has 0 bridgehead atoms. The third kappa shape index (κ3) is 1.51. The molecule has 4 heteroatoms. The van der Waals surface area contributed by atoms with Crippen LogP contribution in [0.1, 0.15) is 24.9 Å². The lowest BCUT2D eigenvalue weighted by Crippen LogP contribution is -1.99. The zero-order valence-corrected chi connectivity index (χ0v) is 8.72. The van der Waals surface area contributed by atoms with E-state index in [4.69, 9.17) is 5.26 Å². The molecule has 3 nitrogen and oxygen atoms in total. The van der Waals surface area contributed by atoms with Crippen molar-refractivity contribution in [3.05, 3.63) is 16.1 Å². The Kier molecular flexibility index (Phi) is 2.88. The number of halogens is 1. The van der Waals surface area contributed by atoms with E-state index in [-0.39, 0.29) is 0 Å². The van der Waals surface area contributed by atoms with E-state index >= 15 is 0 Å². The van der Waals surface area contributed by atoms with Crippen molar-refractivity contribution in [2.24, 2.45) is 7.05 Å². The minimum atomic E-state index is 0.596. The van der Waals surface area contributed by atoms with Crippen molar-refractivity contribution in [1.29, 1.82) is 5.26 Å². The topological polar surface area (TPSA) is 41.6 Å². The van der Waals surface area contributed by atoms with Gasteiger partial charge in [0.2, 0.25) is 0 Å². The minimum Gasteiger partial charge on any atom is -0.322 e. The molecule has 1 heterocycles. The maximum absolute atomic E-state index is 8.74. The van der Waals surface area contributed by atoms with E-state index in [2.05, 4.69) is 33.9 Å². The number of aryl methyl sites for hydroxylation is 1. The van der Waals surface area contributed by atoms with Gasteiger partial charge in [-0.15, -0.1) is 0 Å². The van der Waals surface area contributed by atoms with Gasteiger partial charge in [-0.3, -0.25) is 0 Å². The van der Waals surface area contributed by atoms with Gasteiger partial charge in [-0.05, 0) is 22.4 Å². The number of hydrogen-bond donors (Lipinski definition) is 0. The van der Waals surface area contributed by atoms with Crippen molar-refractivity contribution in [3.63, 3.8) is 0 Å². The van der Waals surface area contributed by atoms with Crippen LogP contribution in [0.25, 0.3) is 0 Å². The maximum Gasteiger partial charge on any atom is 0.154 e. The fourth-order valence-corrected chi connectivity index (χ4v) is 1.64. The Balaban J connectivity index is 3.10. The molecule has 12 heavy (non-hydrogen) atoms. The highest BCUT2D eigenvalue weighted by molar-refractivity contribution is 9.10. The van der Waals surface area contributed by atoms with Crippen molar-refractivity contribution in [3.8, 4) is 6.07 Å². The number of hydrogen-bond acceptors (Lipinski definition) is 2. The second-order valence-electron chi connectivity index (χ2n) is 2.59. The molecule has 0 fully saturated rings. The third-order valence-electron chi connectivity index (χ3n) is 1.72. The van der Waals surface area contributed by atoms with Gasteiger partial charge < -0.3 is 4.57 Å². The molecule has 1 aromatic rings. The summed E-state index contributed by atoms with van der Waals surface area (Å²) in [5.41, 5.74) is 0.596. The fourth-order valence-electron chi connectivity index (χ4n) is 1.08. The van der Waals surface area contributed by atoms with E-state index in [9.17, 15) is 0 Å². The number of imidazole rings is 1. The average Bonchev–Trinajstić information content (AvgIpc) is 2.29. The summed E-state index contributed by atoms with van der Waals surface area (Å²) in [4.78, 5) is 4.23. The van der Waals surface area contributed by atoms with Crippen molar-refractivity contribution in [1.82, 2.24) is 9.55 Å². The zero-order chi connectivity index (χ0) is 9.14. The first-order valence-electron chi connectivity index (χ1n) is 3.81. The van der Waals surface area contributed by atoms with E-state index < -0.39 is 0 Å². The van der Waals surface area contributed by atoms with Gasteiger partial charge in [-0.1, -0.05) is 6.92 Å². The summed E-state index contributed by atoms with van der Waals surface area (Å²) in [5, 5.41) is 8.74. The van der Waals surface area contributed by atoms with E-state index in [0.717, 1.165) is 18.7 Å². The van der Waals surface area contributed by atoms with E-state index in [1.165, 1.54) is 0 Å². The second kappa shape index (κ2) is 3.72. The van der Waals surface area contributed by atoms with Gasteiger partial charge in [0.15, 0.2) is 5.69 Å². The Bertz CT molecular complexity index is 322. The first kappa shape index (κ1) is 9.27. The highest BCUT2D eigenvalue weighted by Crippen LogP contribution is 2.16. The third-order valence-corrected chi connectivity index (χ3v) is 2.28. The van der Waals surface area contributed by atoms with Gasteiger partial charge >= 0.3 is 0 Å². The number of nitrogens with zero attached hydrogens (tertiary/aromatic N) is 3. The molecule has 0 N–H and O–H groups in total. The molecule has 0 radical (unpaired) electrons. The van der Waals surface area contributed by atoms with Gasteiger partial charge in [-0.2, -0.15) is 5.26 Å². The average molecular weight is 228 g/mol. The summed E-state index contributed by atoms with van der Waals surface area (Å²) >= 11 is 3.24. The lowest BCUT2D eigenvalue weighted by Gasteiger charge is -1.97. The van der Waals surface area contributed by atoms with Crippen molar-refractivity contribution in [2.45, 2.75) is 19.8 Å². The van der Waals surface area contributed by atoms with E-state index in [1.807, 2.05) is 11.6 Å². The highest BCUT2D eigenvalue weighted by Gasteiger charge is 2.10. The molecule has 0 amide bonds. The number of aromatic nitrogens is 2. The van der Waals surface area contributed by atoms with Gasteiger partial charge in [0.05, 0.1) is 0 Å². The molecule has 0 atom stereocenters. The smallest absolute Gasteiger partial charge is 0.154 e. The van der Waals surface area contributed by atoms with Gasteiger partial charge in [-0.25, -0.2) is 4.98 Å². The van der Waals surface area contributed by atoms with Crippen LogP contribution in [0.15, 0.2) is 4.60 Å². The van der Waals surface area contributed by atoms with Crippen LogP contribution in [0.3, 0.4) is 0 Å². The summed E-state index contributed by atoms with van der Waals surface area (Å²) in [7, 11) is 1.86. The molecule has 0 saturated carbocycles. The summed E-state index contributed by atoms with van der Waals surface area (Å²) in [6.07, 6.45) is 1.96. The summed E-state index contributed by atoms with van der Waals surface area (Å²) in [6.45, 7) is 2.09. The Morgan fingerprint density at radius 3 is 2.75 bits per heavy atom. The molecule has 0 aliphatic carbocycles. The first-order valence-corrected chi connectivity index (χ1v) is 4.61. The molecular formula is C8H10BrN3. The summed E-state index contributed by atoms with van der Waals surface area (Å²) < 4.78 is 2.48. The molecule has 0 aliphatic rings. The van der Waals surface area contributed by atoms with Gasteiger partial charge in [0.25, 0.3) is 0 Å². The molecule has 0 aliphatic heterocycles. The Labute approximate surface area is 80.2 Å².